The fourth-order valence-electron chi connectivity index (χ4n) is 1.23. The van der Waals surface area contributed by atoms with Crippen LogP contribution >= 0.6 is 45.3 Å². The van der Waals surface area contributed by atoms with Gasteiger partial charge in [-0.05, 0) is 42.5 Å². The Morgan fingerprint density at radius 1 is 1.53 bits per heavy atom. The summed E-state index contributed by atoms with van der Waals surface area (Å²) >= 11 is 5.58. The summed E-state index contributed by atoms with van der Waals surface area (Å²) in [5.74, 6) is -0.217. The van der Waals surface area contributed by atoms with Gasteiger partial charge in [-0.2, -0.15) is 0 Å². The van der Waals surface area contributed by atoms with E-state index in [-0.39, 0.29) is 12.1 Å². The Kier molecular flexibility index (Phi) is 3.32. The molecule has 2 nitrogen and oxygen atoms in total. The van der Waals surface area contributed by atoms with E-state index in [2.05, 4.69) is 22.6 Å². The average molecular weight is 352 g/mol. The van der Waals surface area contributed by atoms with Crippen LogP contribution in [-0.4, -0.2) is 12.1 Å². The SMILES string of the molecule is CC(C)OC(=O)c1csc2sc(I)cc12. The predicted molar refractivity (Wildman–Crippen MR) is 73.0 cm³/mol. The van der Waals surface area contributed by atoms with Crippen LogP contribution in [-0.2, 0) is 4.74 Å². The van der Waals surface area contributed by atoms with Crippen LogP contribution in [0.1, 0.15) is 24.2 Å². The highest BCUT2D eigenvalue weighted by molar-refractivity contribution is 14.1. The Labute approximate surface area is 109 Å². The van der Waals surface area contributed by atoms with Gasteiger partial charge in [0.25, 0.3) is 0 Å². The van der Waals surface area contributed by atoms with Gasteiger partial charge in [0.05, 0.1) is 18.6 Å². The third-order valence-corrected chi connectivity index (χ3v) is 4.82. The lowest BCUT2D eigenvalue weighted by atomic mass is 10.2. The van der Waals surface area contributed by atoms with E-state index in [1.54, 1.807) is 22.7 Å². The van der Waals surface area contributed by atoms with E-state index < -0.39 is 0 Å². The molecular weight excluding hydrogens is 343 g/mol. The van der Waals surface area contributed by atoms with Crippen LogP contribution in [0.5, 0.6) is 0 Å². The molecule has 0 aliphatic rings. The number of fused-ring (bicyclic) bond motifs is 1. The maximum atomic E-state index is 11.7. The number of hydrogen-bond donors (Lipinski definition) is 0. The van der Waals surface area contributed by atoms with Gasteiger partial charge in [-0.25, -0.2) is 4.79 Å². The minimum absolute atomic E-state index is 0.0647. The first-order chi connectivity index (χ1) is 7.08. The topological polar surface area (TPSA) is 26.3 Å². The molecule has 0 aliphatic carbocycles. The smallest absolute Gasteiger partial charge is 0.339 e. The zero-order valence-corrected chi connectivity index (χ0v) is 12.0. The highest BCUT2D eigenvalue weighted by Gasteiger charge is 2.16. The fraction of sp³-hybridized carbons (Fsp3) is 0.300. The number of rotatable bonds is 2. The van der Waals surface area contributed by atoms with Crippen molar-refractivity contribution in [2.24, 2.45) is 0 Å². The van der Waals surface area contributed by atoms with Crippen LogP contribution in [0.4, 0.5) is 0 Å². The monoisotopic (exact) mass is 352 g/mol. The molecule has 2 rings (SSSR count). The lowest BCUT2D eigenvalue weighted by molar-refractivity contribution is 0.0381. The van der Waals surface area contributed by atoms with Crippen molar-refractivity contribution < 1.29 is 9.53 Å². The van der Waals surface area contributed by atoms with Crippen molar-refractivity contribution >= 4 is 60.6 Å². The van der Waals surface area contributed by atoms with Crippen LogP contribution in [0.15, 0.2) is 11.4 Å². The molecule has 0 amide bonds. The Bertz CT molecular complexity index is 498. The second kappa shape index (κ2) is 4.39. The van der Waals surface area contributed by atoms with Gasteiger partial charge in [-0.15, -0.1) is 22.7 Å². The zero-order valence-electron chi connectivity index (χ0n) is 8.24. The first-order valence-corrected chi connectivity index (χ1v) is 7.23. The van der Waals surface area contributed by atoms with Crippen molar-refractivity contribution in [2.45, 2.75) is 20.0 Å². The van der Waals surface area contributed by atoms with Gasteiger partial charge in [0.15, 0.2) is 0 Å². The van der Waals surface area contributed by atoms with Gasteiger partial charge in [0, 0.05) is 10.8 Å². The molecule has 2 heterocycles. The molecule has 0 atom stereocenters. The van der Waals surface area contributed by atoms with Crippen molar-refractivity contribution in [3.8, 4) is 0 Å². The number of halogens is 1. The predicted octanol–water partition coefficient (Wildman–Crippen LogP) is 4.13. The largest absolute Gasteiger partial charge is 0.459 e. The third kappa shape index (κ3) is 2.34. The Balaban J connectivity index is 2.38. The Morgan fingerprint density at radius 3 is 2.93 bits per heavy atom. The van der Waals surface area contributed by atoms with Crippen LogP contribution in [0.25, 0.3) is 9.40 Å². The molecule has 0 aromatic carbocycles. The van der Waals surface area contributed by atoms with E-state index in [9.17, 15) is 4.79 Å². The molecule has 0 fully saturated rings. The van der Waals surface area contributed by atoms with E-state index in [1.807, 2.05) is 25.3 Å². The molecule has 15 heavy (non-hydrogen) atoms. The molecule has 0 saturated heterocycles. The summed E-state index contributed by atoms with van der Waals surface area (Å²) in [5, 5.41) is 2.90. The van der Waals surface area contributed by atoms with E-state index in [1.165, 1.54) is 6.90 Å². The number of carbonyl (C=O) groups is 1. The first-order valence-electron chi connectivity index (χ1n) is 4.45. The van der Waals surface area contributed by atoms with E-state index in [4.69, 9.17) is 4.74 Å². The number of hydrogen-bond acceptors (Lipinski definition) is 4. The Hall–Kier alpha value is -0.140. The molecule has 0 N–H and O–H groups in total. The molecule has 2 aromatic rings. The molecule has 0 saturated carbocycles. The lowest BCUT2D eigenvalue weighted by Gasteiger charge is -2.05. The summed E-state index contributed by atoms with van der Waals surface area (Å²) in [5.41, 5.74) is 0.697. The molecule has 2 aromatic heterocycles. The van der Waals surface area contributed by atoms with Gasteiger partial charge in [-0.3, -0.25) is 0 Å². The second-order valence-corrected chi connectivity index (χ2v) is 7.44. The third-order valence-electron chi connectivity index (χ3n) is 1.80. The zero-order chi connectivity index (χ0) is 11.0. The molecule has 0 spiro atoms. The molecule has 0 unspecified atom stereocenters. The maximum Gasteiger partial charge on any atom is 0.339 e. The lowest BCUT2D eigenvalue weighted by Crippen LogP contribution is -2.10. The van der Waals surface area contributed by atoms with Gasteiger partial charge in [0.1, 0.15) is 0 Å². The summed E-state index contributed by atoms with van der Waals surface area (Å²) in [6.45, 7) is 3.72. The van der Waals surface area contributed by atoms with Crippen LogP contribution in [0, 0.1) is 2.88 Å². The van der Waals surface area contributed by atoms with E-state index in [0.29, 0.717) is 5.56 Å². The highest BCUT2D eigenvalue weighted by Crippen LogP contribution is 2.34. The molecular formula is C10H9IO2S2. The molecule has 5 heteroatoms. The summed E-state index contributed by atoms with van der Waals surface area (Å²) in [6.07, 6.45) is -0.0647. The fourth-order valence-corrected chi connectivity index (χ4v) is 4.64. The normalized spacial score (nSPS) is 11.2. The molecule has 0 radical (unpaired) electrons. The molecule has 80 valence electrons. The van der Waals surface area contributed by atoms with E-state index >= 15 is 0 Å². The second-order valence-electron chi connectivity index (χ2n) is 3.36. The molecule has 0 bridgehead atoms. The number of carbonyl (C=O) groups excluding carboxylic acids is 1. The first kappa shape index (κ1) is 11.3. The quantitative estimate of drug-likeness (QED) is 0.600. The number of esters is 1. The summed E-state index contributed by atoms with van der Waals surface area (Å²) in [4.78, 5) is 11.7. The standard InChI is InChI=1S/C10H9IO2S2/c1-5(2)13-9(12)7-4-14-10-6(7)3-8(11)15-10/h3-5H,1-2H3. The minimum atomic E-state index is -0.217. The number of ether oxygens (including phenoxy) is 1. The van der Waals surface area contributed by atoms with Crippen molar-refractivity contribution in [2.75, 3.05) is 0 Å². The average Bonchev–Trinajstić information content (AvgIpc) is 2.60. The maximum absolute atomic E-state index is 11.7. The van der Waals surface area contributed by atoms with Crippen LogP contribution < -0.4 is 0 Å². The number of thiophene rings is 2. The highest BCUT2D eigenvalue weighted by atomic mass is 127. The minimum Gasteiger partial charge on any atom is -0.459 e. The van der Waals surface area contributed by atoms with Crippen LogP contribution in [0.3, 0.4) is 0 Å². The van der Waals surface area contributed by atoms with Crippen molar-refractivity contribution in [1.82, 2.24) is 0 Å². The van der Waals surface area contributed by atoms with Crippen LogP contribution in [0.2, 0.25) is 0 Å². The van der Waals surface area contributed by atoms with Gasteiger partial charge in [-0.1, -0.05) is 0 Å². The summed E-state index contributed by atoms with van der Waals surface area (Å²) in [6, 6.07) is 2.04. The van der Waals surface area contributed by atoms with Crippen molar-refractivity contribution in [3.05, 3.63) is 19.9 Å². The summed E-state index contributed by atoms with van der Waals surface area (Å²) < 4.78 is 7.57. The van der Waals surface area contributed by atoms with Gasteiger partial charge in [0.2, 0.25) is 0 Å². The van der Waals surface area contributed by atoms with Gasteiger partial charge < -0.3 is 4.74 Å². The van der Waals surface area contributed by atoms with Gasteiger partial charge >= 0.3 is 5.97 Å². The molecule has 0 aliphatic heterocycles. The summed E-state index contributed by atoms with van der Waals surface area (Å²) in [7, 11) is 0. The van der Waals surface area contributed by atoms with E-state index in [0.717, 1.165) is 5.39 Å². The Morgan fingerprint density at radius 2 is 2.27 bits per heavy atom. The van der Waals surface area contributed by atoms with Crippen molar-refractivity contribution in [3.63, 3.8) is 0 Å². The van der Waals surface area contributed by atoms with Crippen molar-refractivity contribution in [1.29, 1.82) is 0 Å².